The molecule has 0 N–H and O–H groups in total. The van der Waals surface area contributed by atoms with Gasteiger partial charge in [0.25, 0.3) is 0 Å². The maximum atomic E-state index is 5.99. The molecule has 0 saturated carbocycles. The molecule has 6 heteroatoms. The van der Waals surface area contributed by atoms with Crippen LogP contribution in [-0.4, -0.2) is 11.8 Å². The van der Waals surface area contributed by atoms with Crippen LogP contribution in [0, 0.1) is 0 Å². The van der Waals surface area contributed by atoms with Crippen molar-refractivity contribution in [3.63, 3.8) is 0 Å². The molecule has 3 aromatic rings. The number of hydrogen-bond donors (Lipinski definition) is 0. The smallest absolute Gasteiger partial charge is 0.231 e. The summed E-state index contributed by atoms with van der Waals surface area (Å²) in [6.07, 6.45) is 1.70. The molecule has 1 aliphatic heterocycles. The van der Waals surface area contributed by atoms with Crippen LogP contribution >= 0.6 is 11.6 Å². The maximum Gasteiger partial charge on any atom is 0.231 e. The molecule has 0 saturated heterocycles. The first-order valence-electron chi connectivity index (χ1n) is 7.10. The Morgan fingerprint density at radius 1 is 1.04 bits per heavy atom. The molecule has 4 rings (SSSR count). The Morgan fingerprint density at radius 3 is 2.91 bits per heavy atom. The quantitative estimate of drug-likeness (QED) is 0.643. The normalized spacial score (nSPS) is 13.1. The lowest BCUT2D eigenvalue weighted by Gasteiger charge is -2.01. The van der Waals surface area contributed by atoms with Crippen LogP contribution in [0.4, 0.5) is 5.69 Å². The fourth-order valence-corrected chi connectivity index (χ4v) is 2.59. The van der Waals surface area contributed by atoms with Crippen LogP contribution in [0.25, 0.3) is 10.9 Å². The Balaban J connectivity index is 1.57. The van der Waals surface area contributed by atoms with Crippen molar-refractivity contribution in [1.82, 2.24) is 4.98 Å². The first-order chi connectivity index (χ1) is 11.3. The molecule has 0 unspecified atom stereocenters. The molecule has 2 heterocycles. The van der Waals surface area contributed by atoms with Crippen molar-refractivity contribution >= 4 is 28.2 Å². The average Bonchev–Trinajstić information content (AvgIpc) is 3.02. The number of nitrogens with zero attached hydrogens (tertiary/aromatic N) is 3. The van der Waals surface area contributed by atoms with Gasteiger partial charge in [-0.1, -0.05) is 17.7 Å². The van der Waals surface area contributed by atoms with Gasteiger partial charge in [0.15, 0.2) is 11.5 Å². The molecule has 0 bridgehead atoms. The Labute approximate surface area is 137 Å². The molecular formula is C17H12ClN3O2. The number of rotatable bonds is 3. The lowest BCUT2D eigenvalue weighted by molar-refractivity contribution is 0.174. The van der Waals surface area contributed by atoms with Crippen molar-refractivity contribution < 1.29 is 9.47 Å². The van der Waals surface area contributed by atoms with Crippen molar-refractivity contribution in [2.24, 2.45) is 10.2 Å². The summed E-state index contributed by atoms with van der Waals surface area (Å²) in [7, 11) is 0. The monoisotopic (exact) mass is 325 g/mol. The van der Waals surface area contributed by atoms with E-state index in [0.717, 1.165) is 33.7 Å². The molecule has 23 heavy (non-hydrogen) atoms. The fraction of sp³-hybridized carbons (Fsp3) is 0.118. The van der Waals surface area contributed by atoms with Gasteiger partial charge < -0.3 is 9.47 Å². The minimum atomic E-state index is 0.270. The van der Waals surface area contributed by atoms with E-state index in [1.54, 1.807) is 6.20 Å². The lowest BCUT2D eigenvalue weighted by Crippen LogP contribution is -1.92. The minimum absolute atomic E-state index is 0.270. The van der Waals surface area contributed by atoms with Crippen LogP contribution in [0.3, 0.4) is 0 Å². The summed E-state index contributed by atoms with van der Waals surface area (Å²) < 4.78 is 10.6. The third-order valence-electron chi connectivity index (χ3n) is 3.55. The molecule has 0 amide bonds. The van der Waals surface area contributed by atoms with Crippen LogP contribution in [0.1, 0.15) is 5.56 Å². The SMILES string of the molecule is Clc1ccc2c(N=NCc3ccc4c(c3)OCO4)ccnc2c1. The predicted molar refractivity (Wildman–Crippen MR) is 87.5 cm³/mol. The highest BCUT2D eigenvalue weighted by molar-refractivity contribution is 6.31. The lowest BCUT2D eigenvalue weighted by atomic mass is 10.2. The first-order valence-corrected chi connectivity index (χ1v) is 7.48. The van der Waals surface area contributed by atoms with Crippen molar-refractivity contribution in [2.45, 2.75) is 6.54 Å². The van der Waals surface area contributed by atoms with Gasteiger partial charge in [-0.2, -0.15) is 10.2 Å². The second-order valence-electron chi connectivity index (χ2n) is 5.08. The van der Waals surface area contributed by atoms with Crippen LogP contribution < -0.4 is 9.47 Å². The van der Waals surface area contributed by atoms with E-state index in [4.69, 9.17) is 21.1 Å². The summed E-state index contributed by atoms with van der Waals surface area (Å²) in [4.78, 5) is 4.29. The Hall–Kier alpha value is -2.66. The van der Waals surface area contributed by atoms with E-state index in [0.29, 0.717) is 11.6 Å². The van der Waals surface area contributed by atoms with E-state index < -0.39 is 0 Å². The highest BCUT2D eigenvalue weighted by Gasteiger charge is 2.12. The number of pyridine rings is 1. The van der Waals surface area contributed by atoms with E-state index in [1.807, 2.05) is 42.5 Å². The van der Waals surface area contributed by atoms with E-state index in [2.05, 4.69) is 15.2 Å². The number of hydrogen-bond acceptors (Lipinski definition) is 5. The van der Waals surface area contributed by atoms with Gasteiger partial charge in [-0.3, -0.25) is 4.98 Å². The second kappa shape index (κ2) is 5.85. The van der Waals surface area contributed by atoms with E-state index in [9.17, 15) is 0 Å². The largest absolute Gasteiger partial charge is 0.454 e. The summed E-state index contributed by atoms with van der Waals surface area (Å²) in [6, 6.07) is 13.1. The topological polar surface area (TPSA) is 56.1 Å². The van der Waals surface area contributed by atoms with Crippen molar-refractivity contribution in [1.29, 1.82) is 0 Å². The van der Waals surface area contributed by atoms with E-state index in [-0.39, 0.29) is 6.79 Å². The Bertz CT molecular complexity index is 911. The number of azo groups is 1. The molecule has 0 spiro atoms. The van der Waals surface area contributed by atoms with Crippen molar-refractivity contribution in [3.05, 3.63) is 59.2 Å². The van der Waals surface area contributed by atoms with Gasteiger partial charge in [-0.25, -0.2) is 0 Å². The zero-order chi connectivity index (χ0) is 15.6. The Morgan fingerprint density at radius 2 is 1.96 bits per heavy atom. The van der Waals surface area contributed by atoms with Crippen LogP contribution in [0.15, 0.2) is 58.9 Å². The van der Waals surface area contributed by atoms with Crippen molar-refractivity contribution in [3.8, 4) is 11.5 Å². The third kappa shape index (κ3) is 2.83. The Kier molecular flexibility index (Phi) is 3.55. The molecular weight excluding hydrogens is 314 g/mol. The highest BCUT2D eigenvalue weighted by Crippen LogP contribution is 2.33. The second-order valence-corrected chi connectivity index (χ2v) is 5.52. The van der Waals surface area contributed by atoms with Gasteiger partial charge in [0, 0.05) is 16.6 Å². The molecule has 114 valence electrons. The minimum Gasteiger partial charge on any atom is -0.454 e. The van der Waals surface area contributed by atoms with Gasteiger partial charge in [-0.15, -0.1) is 0 Å². The predicted octanol–water partition coefficient (Wildman–Crippen LogP) is 4.90. The maximum absolute atomic E-state index is 5.99. The number of benzene rings is 2. The molecule has 0 atom stereocenters. The number of aromatic nitrogens is 1. The van der Waals surface area contributed by atoms with Gasteiger partial charge in [0.05, 0.1) is 17.7 Å². The zero-order valence-corrected chi connectivity index (χ0v) is 12.8. The molecule has 0 radical (unpaired) electrons. The fourth-order valence-electron chi connectivity index (χ4n) is 2.43. The molecule has 0 fully saturated rings. The molecule has 5 nitrogen and oxygen atoms in total. The molecule has 0 aliphatic carbocycles. The zero-order valence-electron chi connectivity index (χ0n) is 12.1. The molecule has 1 aromatic heterocycles. The van der Waals surface area contributed by atoms with E-state index >= 15 is 0 Å². The number of halogens is 1. The van der Waals surface area contributed by atoms with Gasteiger partial charge in [-0.05, 0) is 42.0 Å². The van der Waals surface area contributed by atoms with Crippen LogP contribution in [0.5, 0.6) is 11.5 Å². The standard InChI is InChI=1S/C17H12ClN3O2/c18-12-2-3-13-14(5-6-19-15(13)8-12)21-20-9-11-1-4-16-17(7-11)23-10-22-16/h1-8H,9-10H2. The van der Waals surface area contributed by atoms with E-state index in [1.165, 1.54) is 0 Å². The number of fused-ring (bicyclic) bond motifs is 2. The van der Waals surface area contributed by atoms with Crippen molar-refractivity contribution in [2.75, 3.05) is 6.79 Å². The summed E-state index contributed by atoms with van der Waals surface area (Å²) >= 11 is 5.99. The average molecular weight is 326 g/mol. The van der Waals surface area contributed by atoms with Gasteiger partial charge in [0.1, 0.15) is 0 Å². The third-order valence-corrected chi connectivity index (χ3v) is 3.79. The molecule has 2 aromatic carbocycles. The summed E-state index contributed by atoms with van der Waals surface area (Å²) in [5, 5.41) is 10.2. The molecule has 1 aliphatic rings. The first kappa shape index (κ1) is 14.0. The highest BCUT2D eigenvalue weighted by atomic mass is 35.5. The summed E-state index contributed by atoms with van der Waals surface area (Å²) in [6.45, 7) is 0.736. The van der Waals surface area contributed by atoms with Gasteiger partial charge in [0.2, 0.25) is 6.79 Å². The summed E-state index contributed by atoms with van der Waals surface area (Å²) in [5.74, 6) is 1.52. The summed E-state index contributed by atoms with van der Waals surface area (Å²) in [5.41, 5.74) is 2.59. The van der Waals surface area contributed by atoms with Crippen LogP contribution in [0.2, 0.25) is 5.02 Å². The van der Waals surface area contributed by atoms with Gasteiger partial charge >= 0.3 is 0 Å². The number of ether oxygens (including phenoxy) is 2. The van der Waals surface area contributed by atoms with Crippen LogP contribution in [-0.2, 0) is 6.54 Å².